The molecule has 2 heterocycles. The van der Waals surface area contributed by atoms with E-state index in [1.165, 1.54) is 25.7 Å². The summed E-state index contributed by atoms with van der Waals surface area (Å²) in [6.07, 6.45) is 6.03. The number of amides is 1. The van der Waals surface area contributed by atoms with Crippen LogP contribution in [-0.2, 0) is 9.53 Å². The molecule has 3 unspecified atom stereocenters. The number of nitrogens with one attached hydrogen (secondary N) is 1. The molecule has 3 fully saturated rings. The van der Waals surface area contributed by atoms with Gasteiger partial charge in [-0.05, 0) is 24.7 Å². The molecule has 1 aliphatic carbocycles. The molecule has 1 saturated carbocycles. The number of fused-ring (bicyclic) bond motifs is 1. The van der Waals surface area contributed by atoms with E-state index in [-0.39, 0.29) is 18.5 Å². The second-order valence-electron chi connectivity index (χ2n) is 6.00. The van der Waals surface area contributed by atoms with Gasteiger partial charge in [-0.1, -0.05) is 12.8 Å². The number of likely N-dealkylation sites (tertiary alicyclic amines) is 1. The first-order chi connectivity index (χ1) is 8.83. The molecule has 3 atom stereocenters. The summed E-state index contributed by atoms with van der Waals surface area (Å²) < 4.78 is 5.62. The zero-order valence-electron chi connectivity index (χ0n) is 11.5. The van der Waals surface area contributed by atoms with E-state index in [0.29, 0.717) is 12.3 Å². The number of hydrogen-bond acceptors (Lipinski definition) is 3. The topological polar surface area (TPSA) is 41.6 Å². The van der Waals surface area contributed by atoms with Crippen LogP contribution < -0.4 is 5.32 Å². The van der Waals surface area contributed by atoms with Crippen LogP contribution in [0.4, 0.5) is 0 Å². The molecule has 2 aliphatic heterocycles. The van der Waals surface area contributed by atoms with Crippen molar-refractivity contribution >= 4 is 18.3 Å². The lowest BCUT2D eigenvalue weighted by Crippen LogP contribution is -2.42. The molecule has 3 aliphatic rings. The first kappa shape index (κ1) is 15.1. The van der Waals surface area contributed by atoms with E-state index in [1.54, 1.807) is 0 Å². The van der Waals surface area contributed by atoms with Crippen molar-refractivity contribution in [3.8, 4) is 0 Å². The van der Waals surface area contributed by atoms with Crippen LogP contribution in [-0.4, -0.2) is 49.7 Å². The molecular weight excluding hydrogens is 264 g/mol. The normalized spacial score (nSPS) is 34.5. The summed E-state index contributed by atoms with van der Waals surface area (Å²) in [5, 5.41) is 3.28. The van der Waals surface area contributed by atoms with Crippen molar-refractivity contribution in [1.82, 2.24) is 10.2 Å². The van der Waals surface area contributed by atoms with Crippen molar-refractivity contribution in [3.63, 3.8) is 0 Å². The SMILES string of the molecule is Cl.O=C(CC1CNCCO1)N1CC2CCCCC2C1. The van der Waals surface area contributed by atoms with Gasteiger partial charge in [-0.15, -0.1) is 12.4 Å². The number of rotatable bonds is 2. The molecular formula is C14H25ClN2O2. The Kier molecular flexibility index (Phi) is 5.48. The first-order valence-corrected chi connectivity index (χ1v) is 7.43. The van der Waals surface area contributed by atoms with Gasteiger partial charge in [0.25, 0.3) is 0 Å². The van der Waals surface area contributed by atoms with Crippen molar-refractivity contribution < 1.29 is 9.53 Å². The maximum absolute atomic E-state index is 12.3. The second kappa shape index (κ2) is 6.91. The third kappa shape index (κ3) is 3.61. The fourth-order valence-electron chi connectivity index (χ4n) is 3.68. The van der Waals surface area contributed by atoms with E-state index in [0.717, 1.165) is 44.6 Å². The highest BCUT2D eigenvalue weighted by Crippen LogP contribution is 2.36. The van der Waals surface area contributed by atoms with Crippen LogP contribution in [0.25, 0.3) is 0 Å². The summed E-state index contributed by atoms with van der Waals surface area (Å²) in [7, 11) is 0. The van der Waals surface area contributed by atoms with Gasteiger partial charge in [-0.3, -0.25) is 4.79 Å². The van der Waals surface area contributed by atoms with Crippen LogP contribution >= 0.6 is 12.4 Å². The number of halogens is 1. The second-order valence-corrected chi connectivity index (χ2v) is 6.00. The summed E-state index contributed by atoms with van der Waals surface area (Å²) in [5.74, 6) is 1.87. The minimum absolute atomic E-state index is 0. The first-order valence-electron chi connectivity index (χ1n) is 7.43. The molecule has 110 valence electrons. The standard InChI is InChI=1S/C14H24N2O2.ClH/c17-14(7-13-8-15-5-6-18-13)16-9-11-3-1-2-4-12(11)10-16;/h11-13,15H,1-10H2;1H. The lowest BCUT2D eigenvalue weighted by Gasteiger charge is -2.25. The largest absolute Gasteiger partial charge is 0.375 e. The van der Waals surface area contributed by atoms with Gasteiger partial charge in [0.05, 0.1) is 19.1 Å². The van der Waals surface area contributed by atoms with Gasteiger partial charge in [0.2, 0.25) is 5.91 Å². The van der Waals surface area contributed by atoms with Gasteiger partial charge in [0, 0.05) is 26.2 Å². The van der Waals surface area contributed by atoms with Crippen LogP contribution in [0.1, 0.15) is 32.1 Å². The Hall–Kier alpha value is -0.320. The van der Waals surface area contributed by atoms with Crippen LogP contribution in [0.3, 0.4) is 0 Å². The molecule has 19 heavy (non-hydrogen) atoms. The fourth-order valence-corrected chi connectivity index (χ4v) is 3.68. The van der Waals surface area contributed by atoms with Gasteiger partial charge in [-0.25, -0.2) is 0 Å². The van der Waals surface area contributed by atoms with E-state index in [4.69, 9.17) is 4.74 Å². The van der Waals surface area contributed by atoms with Crippen molar-refractivity contribution in [1.29, 1.82) is 0 Å². The third-order valence-electron chi connectivity index (χ3n) is 4.74. The molecule has 1 amide bonds. The van der Waals surface area contributed by atoms with Gasteiger partial charge in [0.15, 0.2) is 0 Å². The van der Waals surface area contributed by atoms with Crippen molar-refractivity contribution in [3.05, 3.63) is 0 Å². The van der Waals surface area contributed by atoms with Gasteiger partial charge in [-0.2, -0.15) is 0 Å². The Morgan fingerprint density at radius 3 is 2.47 bits per heavy atom. The average molecular weight is 289 g/mol. The molecule has 3 rings (SSSR count). The van der Waals surface area contributed by atoms with E-state index in [9.17, 15) is 4.79 Å². The quantitative estimate of drug-likeness (QED) is 0.836. The Balaban J connectivity index is 0.00000133. The molecule has 0 spiro atoms. The summed E-state index contributed by atoms with van der Waals surface area (Å²) >= 11 is 0. The fraction of sp³-hybridized carbons (Fsp3) is 0.929. The van der Waals surface area contributed by atoms with Crippen molar-refractivity contribution in [2.75, 3.05) is 32.8 Å². The maximum Gasteiger partial charge on any atom is 0.225 e. The highest BCUT2D eigenvalue weighted by molar-refractivity contribution is 5.85. The smallest absolute Gasteiger partial charge is 0.225 e. The highest BCUT2D eigenvalue weighted by atomic mass is 35.5. The molecule has 0 aromatic carbocycles. The lowest BCUT2D eigenvalue weighted by atomic mass is 9.82. The number of nitrogens with zero attached hydrogens (tertiary/aromatic N) is 1. The van der Waals surface area contributed by atoms with E-state index in [2.05, 4.69) is 10.2 Å². The zero-order valence-corrected chi connectivity index (χ0v) is 12.3. The van der Waals surface area contributed by atoms with Crippen LogP contribution in [0.2, 0.25) is 0 Å². The van der Waals surface area contributed by atoms with Gasteiger partial charge in [0.1, 0.15) is 0 Å². The van der Waals surface area contributed by atoms with Gasteiger partial charge >= 0.3 is 0 Å². The molecule has 5 heteroatoms. The van der Waals surface area contributed by atoms with E-state index >= 15 is 0 Å². The maximum atomic E-state index is 12.3. The van der Waals surface area contributed by atoms with Crippen molar-refractivity contribution in [2.45, 2.75) is 38.2 Å². The number of morpholine rings is 1. The molecule has 0 bridgehead atoms. The van der Waals surface area contributed by atoms with Gasteiger partial charge < -0.3 is 15.0 Å². The molecule has 1 N–H and O–H groups in total. The predicted octanol–water partition coefficient (Wildman–Crippen LogP) is 1.44. The predicted molar refractivity (Wildman–Crippen MR) is 76.5 cm³/mol. The molecule has 2 saturated heterocycles. The summed E-state index contributed by atoms with van der Waals surface area (Å²) in [6.45, 7) is 4.49. The van der Waals surface area contributed by atoms with Crippen LogP contribution in [0.5, 0.6) is 0 Å². The van der Waals surface area contributed by atoms with Crippen LogP contribution in [0.15, 0.2) is 0 Å². The Morgan fingerprint density at radius 1 is 1.21 bits per heavy atom. The summed E-state index contributed by atoms with van der Waals surface area (Å²) in [4.78, 5) is 14.4. The summed E-state index contributed by atoms with van der Waals surface area (Å²) in [5.41, 5.74) is 0. The van der Waals surface area contributed by atoms with Crippen molar-refractivity contribution in [2.24, 2.45) is 11.8 Å². The monoisotopic (exact) mass is 288 g/mol. The molecule has 0 radical (unpaired) electrons. The number of ether oxygens (including phenoxy) is 1. The highest BCUT2D eigenvalue weighted by Gasteiger charge is 2.36. The minimum Gasteiger partial charge on any atom is -0.375 e. The number of hydrogen-bond donors (Lipinski definition) is 1. The number of carbonyl (C=O) groups is 1. The molecule has 0 aromatic heterocycles. The minimum atomic E-state index is 0. The Bertz CT molecular complexity index is 294. The lowest BCUT2D eigenvalue weighted by molar-refractivity contribution is -0.133. The average Bonchev–Trinajstić information content (AvgIpc) is 2.84. The third-order valence-corrected chi connectivity index (χ3v) is 4.74. The Labute approximate surface area is 121 Å². The van der Waals surface area contributed by atoms with Crippen LogP contribution in [0, 0.1) is 11.8 Å². The molecule has 4 nitrogen and oxygen atoms in total. The molecule has 0 aromatic rings. The van der Waals surface area contributed by atoms with E-state index in [1.807, 2.05) is 0 Å². The summed E-state index contributed by atoms with van der Waals surface area (Å²) in [6, 6.07) is 0. The zero-order chi connectivity index (χ0) is 12.4. The number of carbonyl (C=O) groups excluding carboxylic acids is 1. The Morgan fingerprint density at radius 2 is 1.89 bits per heavy atom. The van der Waals surface area contributed by atoms with E-state index < -0.39 is 0 Å².